The number of likely N-dealkylation sites (N-methyl/N-ethyl adjacent to an activating group) is 1. The van der Waals surface area contributed by atoms with E-state index in [9.17, 15) is 43.7 Å². The Hall–Kier alpha value is -3.97. The number of unbranched alkanes of at least 4 members (excludes halogenated alkanes) is 2. The van der Waals surface area contributed by atoms with Gasteiger partial charge in [-0.25, -0.2) is 16.8 Å². The summed E-state index contributed by atoms with van der Waals surface area (Å²) in [6.07, 6.45) is 15.2. The fourth-order valence-electron chi connectivity index (χ4n) is 7.61. The van der Waals surface area contributed by atoms with Crippen LogP contribution in [-0.2, 0) is 50.7 Å². The first-order valence-electron chi connectivity index (χ1n) is 18.2. The Morgan fingerprint density at radius 1 is 0.839 bits per heavy atom. The number of rotatable bonds is 20. The van der Waals surface area contributed by atoms with Crippen LogP contribution in [-0.4, -0.2) is 92.8 Å². The van der Waals surface area contributed by atoms with Crippen LogP contribution in [0.2, 0.25) is 0 Å². The van der Waals surface area contributed by atoms with Crippen molar-refractivity contribution in [1.29, 1.82) is 0 Å². The zero-order valence-electron chi connectivity index (χ0n) is 31.9. The molecule has 0 spiro atoms. The number of allylic oxidation sites excluding steroid dienone is 8. The van der Waals surface area contributed by atoms with Gasteiger partial charge in [0.2, 0.25) is 5.69 Å². The Labute approximate surface area is 329 Å². The number of nitrogens with zero attached hydrogens (tertiary/aromatic N) is 2. The number of ether oxygens (including phenoxy) is 1. The predicted octanol–water partition coefficient (Wildman–Crippen LogP) is 5.55. The Balaban J connectivity index is 1.69. The van der Waals surface area contributed by atoms with Crippen molar-refractivity contribution in [2.45, 2.75) is 86.3 Å². The van der Waals surface area contributed by atoms with Crippen LogP contribution in [0.3, 0.4) is 0 Å². The molecule has 2 aromatic rings. The van der Waals surface area contributed by atoms with Crippen LogP contribution in [0.15, 0.2) is 94.4 Å². The molecule has 2 aromatic carbocycles. The third-order valence-corrected chi connectivity index (χ3v) is 12.9. The molecule has 2 N–H and O–H groups in total. The van der Waals surface area contributed by atoms with Crippen molar-refractivity contribution in [2.75, 3.05) is 37.5 Å². The van der Waals surface area contributed by atoms with E-state index in [1.54, 1.807) is 37.5 Å². The number of carbonyl (C=O) groups is 1. The van der Waals surface area contributed by atoms with Gasteiger partial charge in [0.25, 0.3) is 10.1 Å². The van der Waals surface area contributed by atoms with E-state index in [0.29, 0.717) is 67.9 Å². The van der Waals surface area contributed by atoms with Crippen molar-refractivity contribution in [1.82, 2.24) is 0 Å². The molecule has 0 bridgehead atoms. The van der Waals surface area contributed by atoms with Crippen LogP contribution in [0.5, 0.6) is 0 Å². The second kappa shape index (κ2) is 18.1. The van der Waals surface area contributed by atoms with Crippen LogP contribution < -0.4 is 4.90 Å². The molecule has 56 heavy (non-hydrogen) atoms. The number of fused-ring (bicyclic) bond motifs is 2. The first kappa shape index (κ1) is 44.7. The van der Waals surface area contributed by atoms with E-state index in [4.69, 9.17) is 9.84 Å². The van der Waals surface area contributed by atoms with E-state index in [1.807, 2.05) is 49.7 Å². The van der Waals surface area contributed by atoms with Crippen LogP contribution >= 0.6 is 0 Å². The number of carboxylic acid groups (broad SMARTS) is 1. The van der Waals surface area contributed by atoms with Crippen molar-refractivity contribution < 1.29 is 58.1 Å². The van der Waals surface area contributed by atoms with Crippen LogP contribution in [0.4, 0.5) is 11.4 Å². The number of carboxylic acids is 1. The number of benzene rings is 2. The van der Waals surface area contributed by atoms with Crippen LogP contribution in [0.25, 0.3) is 0 Å². The average Bonchev–Trinajstić information content (AvgIpc) is 3.48. The first-order chi connectivity index (χ1) is 26.2. The molecule has 0 fully saturated rings. The highest BCUT2D eigenvalue weighted by molar-refractivity contribution is 7.86. The Kier molecular flexibility index (Phi) is 14.5. The molecule has 0 saturated carbocycles. The lowest BCUT2D eigenvalue weighted by Crippen LogP contribution is -2.32. The van der Waals surface area contributed by atoms with Gasteiger partial charge in [0.15, 0.2) is 5.71 Å². The molecule has 2 atom stereocenters. The monoisotopic (exact) mass is 833 g/mol. The highest BCUT2D eigenvalue weighted by Gasteiger charge is 2.48. The summed E-state index contributed by atoms with van der Waals surface area (Å²) in [6.45, 7) is 7.18. The molecule has 17 heteroatoms. The number of aliphatic carboxylic acids is 1. The van der Waals surface area contributed by atoms with Gasteiger partial charge in [-0.15, -0.1) is 0 Å². The minimum absolute atomic E-state index is 0.0165. The fraction of sp³-hybridized carbons (Fsp3) is 0.436. The summed E-state index contributed by atoms with van der Waals surface area (Å²) in [7, 11) is -12.2. The predicted molar refractivity (Wildman–Crippen MR) is 210 cm³/mol. The van der Waals surface area contributed by atoms with E-state index >= 15 is 0 Å². The lowest BCUT2D eigenvalue weighted by atomic mass is 9.76. The SMILES string of the molecule is CCN1/C(=C/C=C/C=C/C=C/C2=[N+](CCCCCC(=O)O)c3ccc(S(=O)(=O)[O-])cc3C2(C)CCCS(=O)(=O)O)C(C)(CCOC)c2cc(S(=O)(=O)[O-])ccc21. The topological polar surface area (TPSA) is 222 Å². The second-order valence-corrected chi connectivity index (χ2v) is 18.6. The van der Waals surface area contributed by atoms with Crippen molar-refractivity contribution in [2.24, 2.45) is 0 Å². The molecule has 0 saturated heterocycles. The smallest absolute Gasteiger partial charge is 0.303 e. The maximum absolute atomic E-state index is 12.0. The summed E-state index contributed by atoms with van der Waals surface area (Å²) in [5.41, 5.74) is 2.63. The largest absolute Gasteiger partial charge is 0.744 e. The highest BCUT2D eigenvalue weighted by Crippen LogP contribution is 2.50. The molecule has 0 aromatic heterocycles. The van der Waals surface area contributed by atoms with Crippen molar-refractivity contribution >= 4 is 53.4 Å². The van der Waals surface area contributed by atoms with Crippen LogP contribution in [0, 0.1) is 0 Å². The summed E-state index contributed by atoms with van der Waals surface area (Å²) in [6, 6.07) is 8.51. The van der Waals surface area contributed by atoms with Gasteiger partial charge >= 0.3 is 5.97 Å². The minimum atomic E-state index is -4.82. The van der Waals surface area contributed by atoms with E-state index in [2.05, 4.69) is 4.90 Å². The molecule has 2 aliphatic rings. The number of methoxy groups -OCH3 is 1. The third kappa shape index (κ3) is 10.5. The van der Waals surface area contributed by atoms with Gasteiger partial charge in [-0.1, -0.05) is 30.4 Å². The number of hydrogen-bond acceptors (Lipinski definition) is 11. The van der Waals surface area contributed by atoms with E-state index in [0.717, 1.165) is 11.4 Å². The normalized spacial score (nSPS) is 21.0. The standard InChI is InChI=1S/C39H50N2O12S3/c1-5-40-33-20-18-29(55(47,48)49)27-31(33)39(3,23-25-53-4)35(40)15-10-7-6-8-11-16-36-38(2,22-14-26-54(44,45)46)32-28-30(56(50,51)52)19-21-34(32)41(36)24-13-9-12-17-37(42)43/h6-8,10-11,15-16,18-21,27-28H,5,9,12-14,17,22-26H2,1-4H3,(H3-,42,43,44,45,46,47,48,49,50,51,52)/p-1. The van der Waals surface area contributed by atoms with Crippen molar-refractivity contribution in [3.05, 3.63) is 95.8 Å². The summed E-state index contributed by atoms with van der Waals surface area (Å²) in [4.78, 5) is 12.4. The molecule has 4 rings (SSSR count). The molecular formula is C39H49N2O12S3-. The zero-order valence-corrected chi connectivity index (χ0v) is 34.3. The molecule has 306 valence electrons. The quantitative estimate of drug-likeness (QED) is 0.0724. The van der Waals surface area contributed by atoms with E-state index in [-0.39, 0.29) is 24.2 Å². The molecule has 0 amide bonds. The lowest BCUT2D eigenvalue weighted by Gasteiger charge is -2.29. The maximum atomic E-state index is 12.0. The molecule has 2 aliphatic heterocycles. The summed E-state index contributed by atoms with van der Waals surface area (Å²) < 4.78 is 112. The minimum Gasteiger partial charge on any atom is -0.744 e. The van der Waals surface area contributed by atoms with Gasteiger partial charge in [-0.05, 0) is 94.8 Å². The van der Waals surface area contributed by atoms with Crippen molar-refractivity contribution in [3.8, 4) is 0 Å². The third-order valence-electron chi connectivity index (χ3n) is 10.4. The van der Waals surface area contributed by atoms with Crippen LogP contribution in [0.1, 0.15) is 76.8 Å². The molecule has 2 unspecified atom stereocenters. The molecule has 2 heterocycles. The van der Waals surface area contributed by atoms with E-state index < -0.39 is 57.8 Å². The molecular weight excluding hydrogens is 785 g/mol. The lowest BCUT2D eigenvalue weighted by molar-refractivity contribution is -0.438. The fourth-order valence-corrected chi connectivity index (χ4v) is 9.11. The Bertz CT molecular complexity index is 2290. The highest BCUT2D eigenvalue weighted by atomic mass is 32.2. The first-order valence-corrected chi connectivity index (χ1v) is 22.6. The molecule has 0 radical (unpaired) electrons. The molecule has 0 aliphatic carbocycles. The Morgan fingerprint density at radius 3 is 2.07 bits per heavy atom. The van der Waals surface area contributed by atoms with Gasteiger partial charge in [0.05, 0.1) is 21.0 Å². The van der Waals surface area contributed by atoms with Gasteiger partial charge < -0.3 is 23.8 Å². The summed E-state index contributed by atoms with van der Waals surface area (Å²) >= 11 is 0. The van der Waals surface area contributed by atoms with E-state index in [1.165, 1.54) is 24.3 Å². The number of anilines is 1. The average molecular weight is 834 g/mol. The van der Waals surface area contributed by atoms with Gasteiger partial charge in [0, 0.05) is 67.6 Å². The van der Waals surface area contributed by atoms with Gasteiger partial charge in [0.1, 0.15) is 26.8 Å². The summed E-state index contributed by atoms with van der Waals surface area (Å²) in [5.74, 6) is -1.42. The summed E-state index contributed by atoms with van der Waals surface area (Å²) in [5, 5.41) is 9.07. The van der Waals surface area contributed by atoms with Gasteiger partial charge in [-0.3, -0.25) is 9.35 Å². The van der Waals surface area contributed by atoms with Gasteiger partial charge in [-0.2, -0.15) is 13.0 Å². The Morgan fingerprint density at radius 2 is 1.46 bits per heavy atom. The second-order valence-electron chi connectivity index (χ2n) is 14.2. The maximum Gasteiger partial charge on any atom is 0.303 e. The van der Waals surface area contributed by atoms with Crippen molar-refractivity contribution in [3.63, 3.8) is 0 Å². The molecule has 14 nitrogen and oxygen atoms in total. The number of hydrogen-bond donors (Lipinski definition) is 2. The zero-order chi connectivity index (χ0) is 41.5.